The molecule has 0 unspecified atom stereocenters. The molecule has 0 fully saturated rings. The second-order valence-electron chi connectivity index (χ2n) is 3.53. The minimum atomic E-state index is -0.337. The number of halogens is 1. The molecule has 1 aromatic carbocycles. The highest BCUT2D eigenvalue weighted by atomic mass is 19.1. The molecular weight excluding hydrogens is 193 g/mol. The van der Waals surface area contributed by atoms with Gasteiger partial charge in [-0.25, -0.2) is 9.37 Å². The number of rotatable bonds is 1. The van der Waals surface area contributed by atoms with E-state index in [4.69, 9.17) is 5.73 Å². The molecule has 4 heteroatoms. The van der Waals surface area contributed by atoms with E-state index in [2.05, 4.69) is 4.98 Å². The molecule has 0 saturated heterocycles. The molecule has 3 nitrogen and oxygen atoms in total. The van der Waals surface area contributed by atoms with Crippen molar-refractivity contribution in [3.8, 4) is 5.69 Å². The summed E-state index contributed by atoms with van der Waals surface area (Å²) in [6.07, 6.45) is 1.67. The smallest absolute Gasteiger partial charge is 0.127 e. The molecule has 0 aliphatic rings. The van der Waals surface area contributed by atoms with Crippen LogP contribution in [0.4, 0.5) is 10.1 Å². The number of nitrogens with two attached hydrogens (primary N) is 1. The van der Waals surface area contributed by atoms with Crippen LogP contribution in [0.3, 0.4) is 0 Å². The molecule has 0 amide bonds. The third kappa shape index (κ3) is 1.70. The Morgan fingerprint density at radius 3 is 2.53 bits per heavy atom. The third-order valence-electron chi connectivity index (χ3n) is 2.43. The molecule has 0 radical (unpaired) electrons. The van der Waals surface area contributed by atoms with Gasteiger partial charge in [-0.3, -0.25) is 0 Å². The highest BCUT2D eigenvalue weighted by molar-refractivity contribution is 5.49. The molecule has 2 aromatic rings. The van der Waals surface area contributed by atoms with Gasteiger partial charge in [0.2, 0.25) is 0 Å². The molecule has 1 heterocycles. The van der Waals surface area contributed by atoms with Crippen molar-refractivity contribution >= 4 is 5.69 Å². The summed E-state index contributed by atoms with van der Waals surface area (Å²) in [4.78, 5) is 4.15. The maximum absolute atomic E-state index is 13.1. The van der Waals surface area contributed by atoms with Gasteiger partial charge in [-0.05, 0) is 32.0 Å². The molecule has 15 heavy (non-hydrogen) atoms. The van der Waals surface area contributed by atoms with Crippen LogP contribution in [0.15, 0.2) is 24.5 Å². The van der Waals surface area contributed by atoms with Gasteiger partial charge in [0, 0.05) is 11.4 Å². The van der Waals surface area contributed by atoms with Gasteiger partial charge in [0.05, 0.1) is 17.7 Å². The van der Waals surface area contributed by atoms with E-state index in [1.165, 1.54) is 12.1 Å². The van der Waals surface area contributed by atoms with E-state index in [9.17, 15) is 4.39 Å². The van der Waals surface area contributed by atoms with E-state index in [0.29, 0.717) is 11.4 Å². The number of imidazole rings is 1. The fraction of sp³-hybridized carbons (Fsp3) is 0.182. The zero-order chi connectivity index (χ0) is 11.0. The highest BCUT2D eigenvalue weighted by Crippen LogP contribution is 2.17. The topological polar surface area (TPSA) is 43.8 Å². The lowest BCUT2D eigenvalue weighted by Gasteiger charge is -2.06. The van der Waals surface area contributed by atoms with Crippen LogP contribution in [-0.4, -0.2) is 9.55 Å². The first-order valence-corrected chi connectivity index (χ1v) is 4.65. The van der Waals surface area contributed by atoms with Gasteiger partial charge in [-0.1, -0.05) is 0 Å². The minimum absolute atomic E-state index is 0.337. The Hall–Kier alpha value is -1.84. The van der Waals surface area contributed by atoms with Crippen LogP contribution >= 0.6 is 0 Å². The van der Waals surface area contributed by atoms with E-state index in [1.54, 1.807) is 12.4 Å². The Labute approximate surface area is 87.4 Å². The summed E-state index contributed by atoms with van der Waals surface area (Å²) < 4.78 is 15.0. The Kier molecular flexibility index (Phi) is 2.19. The number of aryl methyl sites for hydroxylation is 1. The standard InChI is InChI=1S/C11H12FN3/c1-7-8(2)15(6-14-7)11-4-9(12)3-10(13)5-11/h3-6H,13H2,1-2H3. The average Bonchev–Trinajstić information content (AvgIpc) is 2.46. The molecular formula is C11H12FN3. The lowest BCUT2D eigenvalue weighted by atomic mass is 10.2. The third-order valence-corrected chi connectivity index (χ3v) is 2.43. The molecule has 0 saturated carbocycles. The highest BCUT2D eigenvalue weighted by Gasteiger charge is 2.05. The first-order chi connectivity index (χ1) is 7.08. The number of anilines is 1. The van der Waals surface area contributed by atoms with Crippen LogP contribution in [0.2, 0.25) is 0 Å². The molecule has 2 N–H and O–H groups in total. The van der Waals surface area contributed by atoms with Gasteiger partial charge in [0.15, 0.2) is 0 Å². The predicted molar refractivity (Wildman–Crippen MR) is 57.4 cm³/mol. The lowest BCUT2D eigenvalue weighted by Crippen LogP contribution is -1.98. The fourth-order valence-corrected chi connectivity index (χ4v) is 1.49. The summed E-state index contributed by atoms with van der Waals surface area (Å²) in [5.41, 5.74) is 8.61. The van der Waals surface area contributed by atoms with E-state index >= 15 is 0 Å². The van der Waals surface area contributed by atoms with Gasteiger partial charge < -0.3 is 10.3 Å². The van der Waals surface area contributed by atoms with E-state index in [-0.39, 0.29) is 5.82 Å². The molecule has 1 aromatic heterocycles. The predicted octanol–water partition coefficient (Wildman–Crippen LogP) is 2.21. The average molecular weight is 205 g/mol. The molecule has 0 spiro atoms. The Morgan fingerprint density at radius 1 is 1.27 bits per heavy atom. The van der Waals surface area contributed by atoms with Crippen LogP contribution in [0.1, 0.15) is 11.4 Å². The summed E-state index contributed by atoms with van der Waals surface area (Å²) in [7, 11) is 0. The van der Waals surface area contributed by atoms with Crippen LogP contribution in [-0.2, 0) is 0 Å². The number of hydrogen-bond acceptors (Lipinski definition) is 2. The van der Waals surface area contributed by atoms with Crippen molar-refractivity contribution in [2.24, 2.45) is 0 Å². The first kappa shape index (κ1) is 9.71. The lowest BCUT2D eigenvalue weighted by molar-refractivity contribution is 0.627. The van der Waals surface area contributed by atoms with Crippen LogP contribution in [0, 0.1) is 19.7 Å². The zero-order valence-corrected chi connectivity index (χ0v) is 8.66. The Balaban J connectivity index is 2.58. The molecule has 0 aliphatic carbocycles. The maximum atomic E-state index is 13.1. The molecule has 0 bridgehead atoms. The van der Waals surface area contributed by atoms with Crippen molar-refractivity contribution in [3.05, 3.63) is 41.7 Å². The van der Waals surface area contributed by atoms with Crippen molar-refractivity contribution in [2.45, 2.75) is 13.8 Å². The number of nitrogen functional groups attached to an aromatic ring is 1. The second kappa shape index (κ2) is 3.38. The molecule has 2 rings (SSSR count). The SMILES string of the molecule is Cc1ncn(-c2cc(N)cc(F)c2)c1C. The first-order valence-electron chi connectivity index (χ1n) is 4.65. The van der Waals surface area contributed by atoms with Crippen LogP contribution in [0.5, 0.6) is 0 Å². The number of nitrogens with zero attached hydrogens (tertiary/aromatic N) is 2. The normalized spacial score (nSPS) is 10.6. The van der Waals surface area contributed by atoms with Gasteiger partial charge in [0.1, 0.15) is 5.82 Å². The summed E-state index contributed by atoms with van der Waals surface area (Å²) in [5, 5.41) is 0. The quantitative estimate of drug-likeness (QED) is 0.725. The molecule has 0 aliphatic heterocycles. The van der Waals surface area contributed by atoms with Gasteiger partial charge >= 0.3 is 0 Å². The zero-order valence-electron chi connectivity index (χ0n) is 8.66. The van der Waals surface area contributed by atoms with Gasteiger partial charge in [0.25, 0.3) is 0 Å². The van der Waals surface area contributed by atoms with Crippen molar-refractivity contribution in [1.29, 1.82) is 0 Å². The second-order valence-corrected chi connectivity index (χ2v) is 3.53. The number of aromatic nitrogens is 2. The van der Waals surface area contributed by atoms with Crippen molar-refractivity contribution in [2.75, 3.05) is 5.73 Å². The number of hydrogen-bond donors (Lipinski definition) is 1. The van der Waals surface area contributed by atoms with Crippen molar-refractivity contribution in [1.82, 2.24) is 9.55 Å². The summed E-state index contributed by atoms with van der Waals surface area (Å²) in [6.45, 7) is 3.85. The number of benzene rings is 1. The fourth-order valence-electron chi connectivity index (χ4n) is 1.49. The maximum Gasteiger partial charge on any atom is 0.127 e. The Bertz CT molecular complexity index is 482. The van der Waals surface area contributed by atoms with Crippen molar-refractivity contribution < 1.29 is 4.39 Å². The van der Waals surface area contributed by atoms with Crippen molar-refractivity contribution in [3.63, 3.8) is 0 Å². The van der Waals surface area contributed by atoms with E-state index < -0.39 is 0 Å². The summed E-state index contributed by atoms with van der Waals surface area (Å²) in [6, 6.07) is 4.45. The molecule has 78 valence electrons. The largest absolute Gasteiger partial charge is 0.399 e. The monoisotopic (exact) mass is 205 g/mol. The van der Waals surface area contributed by atoms with Crippen LogP contribution in [0.25, 0.3) is 5.69 Å². The Morgan fingerprint density at radius 2 is 2.00 bits per heavy atom. The molecule has 0 atom stereocenters. The minimum Gasteiger partial charge on any atom is -0.399 e. The van der Waals surface area contributed by atoms with Gasteiger partial charge in [-0.2, -0.15) is 0 Å². The van der Waals surface area contributed by atoms with Crippen LogP contribution < -0.4 is 5.73 Å². The van der Waals surface area contributed by atoms with Gasteiger partial charge in [-0.15, -0.1) is 0 Å². The summed E-state index contributed by atoms with van der Waals surface area (Å²) >= 11 is 0. The van der Waals surface area contributed by atoms with E-state index in [1.807, 2.05) is 18.4 Å². The van der Waals surface area contributed by atoms with E-state index in [0.717, 1.165) is 11.4 Å². The summed E-state index contributed by atoms with van der Waals surface area (Å²) in [5.74, 6) is -0.337.